The lowest BCUT2D eigenvalue weighted by Crippen LogP contribution is -2.06. The summed E-state index contributed by atoms with van der Waals surface area (Å²) in [5, 5.41) is 0. The molecule has 1 atom stereocenters. The molecule has 0 spiro atoms. The molecule has 0 fully saturated rings. The summed E-state index contributed by atoms with van der Waals surface area (Å²) in [6.07, 6.45) is 4.52. The first-order chi connectivity index (χ1) is 8.56. The molecule has 1 unspecified atom stereocenters. The molecule has 0 amide bonds. The average Bonchev–Trinajstić information content (AvgIpc) is 2.33. The normalized spacial score (nSPS) is 18.9. The van der Waals surface area contributed by atoms with E-state index in [1.165, 1.54) is 12.2 Å². The number of benzene rings is 1. The fourth-order valence-electron chi connectivity index (χ4n) is 1.53. The van der Waals surface area contributed by atoms with Crippen molar-refractivity contribution in [2.75, 3.05) is 0 Å². The fraction of sp³-hybridized carbons (Fsp3) is 0.143. The first kappa shape index (κ1) is 12.6. The van der Waals surface area contributed by atoms with Crippen LogP contribution in [0.3, 0.4) is 0 Å². The maximum absolute atomic E-state index is 12.0. The molecule has 0 aliphatic heterocycles. The minimum Gasteiger partial charge on any atom is -0.290 e. The van der Waals surface area contributed by atoms with Crippen molar-refractivity contribution in [2.45, 2.75) is 18.7 Å². The van der Waals surface area contributed by atoms with Gasteiger partial charge >= 0.3 is 0 Å². The van der Waals surface area contributed by atoms with Crippen molar-refractivity contribution >= 4 is 22.5 Å². The summed E-state index contributed by atoms with van der Waals surface area (Å²) < 4.78 is 16.2. The molecule has 1 aromatic rings. The summed E-state index contributed by atoms with van der Waals surface area (Å²) in [5.41, 5.74) is 2.44. The highest BCUT2D eigenvalue weighted by Crippen LogP contribution is 2.13. The van der Waals surface area contributed by atoms with E-state index in [1.54, 1.807) is 25.1 Å². The van der Waals surface area contributed by atoms with E-state index < -0.39 is 11.0 Å². The number of nitrogens with zero attached hydrogens (tertiary/aromatic N) is 1. The zero-order valence-electron chi connectivity index (χ0n) is 10.2. The zero-order valence-corrected chi connectivity index (χ0v) is 11.0. The highest BCUT2D eigenvalue weighted by atomic mass is 32.2. The summed E-state index contributed by atoms with van der Waals surface area (Å²) in [6.45, 7) is 3.76. The van der Waals surface area contributed by atoms with Crippen LogP contribution in [0.1, 0.15) is 12.5 Å². The molecule has 18 heavy (non-hydrogen) atoms. The predicted octanol–water partition coefficient (Wildman–Crippen LogP) is 2.54. The fourth-order valence-corrected chi connectivity index (χ4v) is 2.38. The number of hydrogen-bond donors (Lipinski definition) is 0. The maximum Gasteiger partial charge on any atom is 0.179 e. The van der Waals surface area contributed by atoms with Gasteiger partial charge in [-0.15, -0.1) is 0 Å². The van der Waals surface area contributed by atoms with Crippen LogP contribution in [0.5, 0.6) is 0 Å². The second-order valence-corrected chi connectivity index (χ2v) is 5.25. The second kappa shape index (κ2) is 5.23. The Hall–Kier alpha value is -1.81. The first-order valence-corrected chi connectivity index (χ1v) is 6.65. The van der Waals surface area contributed by atoms with Gasteiger partial charge in [-0.2, -0.15) is 4.40 Å². The molecule has 1 aliphatic carbocycles. The Morgan fingerprint density at radius 3 is 2.33 bits per heavy atom. The lowest BCUT2D eigenvalue weighted by atomic mass is 10.1. The molecule has 1 aliphatic rings. The summed E-state index contributed by atoms with van der Waals surface area (Å²) >= 11 is 0. The van der Waals surface area contributed by atoms with Crippen LogP contribution in [-0.4, -0.2) is 15.7 Å². The minimum atomic E-state index is -1.44. The SMILES string of the molecule is CC1=CC(=O)C=CC1=NS(=O)c1ccc(C)cc1. The van der Waals surface area contributed by atoms with Crippen LogP contribution in [0, 0.1) is 6.92 Å². The molecule has 0 saturated carbocycles. The summed E-state index contributed by atoms with van der Waals surface area (Å²) in [4.78, 5) is 11.8. The molecule has 0 N–H and O–H groups in total. The predicted molar refractivity (Wildman–Crippen MR) is 72.9 cm³/mol. The monoisotopic (exact) mass is 259 g/mol. The summed E-state index contributed by atoms with van der Waals surface area (Å²) in [7, 11) is -1.44. The molecular weight excluding hydrogens is 246 g/mol. The molecule has 92 valence electrons. The van der Waals surface area contributed by atoms with E-state index in [1.807, 2.05) is 19.1 Å². The van der Waals surface area contributed by atoms with Crippen molar-refractivity contribution in [3.63, 3.8) is 0 Å². The third-order valence-electron chi connectivity index (χ3n) is 2.57. The second-order valence-electron chi connectivity index (χ2n) is 4.10. The van der Waals surface area contributed by atoms with E-state index in [-0.39, 0.29) is 5.78 Å². The molecule has 3 nitrogen and oxygen atoms in total. The number of carbonyl (C=O) groups excluding carboxylic acids is 1. The van der Waals surface area contributed by atoms with E-state index in [0.717, 1.165) is 11.1 Å². The molecule has 0 aromatic heterocycles. The van der Waals surface area contributed by atoms with Crippen molar-refractivity contribution in [2.24, 2.45) is 4.40 Å². The number of ketones is 1. The van der Waals surface area contributed by atoms with Gasteiger partial charge in [0.25, 0.3) is 0 Å². The lowest BCUT2D eigenvalue weighted by molar-refractivity contribution is -0.110. The lowest BCUT2D eigenvalue weighted by Gasteiger charge is -2.05. The number of hydrogen-bond acceptors (Lipinski definition) is 2. The van der Waals surface area contributed by atoms with Crippen LogP contribution in [-0.2, 0) is 15.8 Å². The van der Waals surface area contributed by atoms with E-state index in [2.05, 4.69) is 4.40 Å². The Balaban J connectivity index is 2.26. The molecule has 0 heterocycles. The van der Waals surface area contributed by atoms with Crippen LogP contribution in [0.15, 0.2) is 57.4 Å². The third kappa shape index (κ3) is 2.90. The smallest absolute Gasteiger partial charge is 0.179 e. The Kier molecular flexibility index (Phi) is 3.67. The van der Waals surface area contributed by atoms with Gasteiger partial charge in [-0.3, -0.25) is 4.79 Å². The van der Waals surface area contributed by atoms with Gasteiger partial charge in [0, 0.05) is 0 Å². The molecular formula is C14H13NO2S. The highest BCUT2D eigenvalue weighted by molar-refractivity contribution is 7.84. The standard InChI is InChI=1S/C14H13NO2S/c1-10-3-6-13(7-4-10)18(17)15-14-8-5-12(16)9-11(14)2/h3-9H,1-2H3. The van der Waals surface area contributed by atoms with Gasteiger partial charge in [0.05, 0.1) is 10.6 Å². The highest BCUT2D eigenvalue weighted by Gasteiger charge is 2.09. The Morgan fingerprint density at radius 1 is 1.06 bits per heavy atom. The van der Waals surface area contributed by atoms with Gasteiger partial charge in [0.1, 0.15) is 0 Å². The van der Waals surface area contributed by atoms with Gasteiger partial charge in [0.15, 0.2) is 16.8 Å². The number of carbonyl (C=O) groups is 1. The maximum atomic E-state index is 12.0. The van der Waals surface area contributed by atoms with Gasteiger partial charge < -0.3 is 0 Å². The van der Waals surface area contributed by atoms with E-state index >= 15 is 0 Å². The number of allylic oxidation sites excluding steroid dienone is 4. The van der Waals surface area contributed by atoms with Crippen LogP contribution < -0.4 is 0 Å². The van der Waals surface area contributed by atoms with Crippen molar-refractivity contribution < 1.29 is 9.00 Å². The van der Waals surface area contributed by atoms with Gasteiger partial charge in [-0.1, -0.05) is 17.7 Å². The van der Waals surface area contributed by atoms with Crippen LogP contribution in [0.4, 0.5) is 0 Å². The van der Waals surface area contributed by atoms with Crippen molar-refractivity contribution in [3.05, 3.63) is 53.6 Å². The molecule has 2 rings (SSSR count). The third-order valence-corrected chi connectivity index (χ3v) is 3.61. The summed E-state index contributed by atoms with van der Waals surface area (Å²) in [5.74, 6) is -0.0624. The van der Waals surface area contributed by atoms with Gasteiger partial charge in [-0.25, -0.2) is 4.21 Å². The molecule has 0 saturated heterocycles. The molecule has 1 aromatic carbocycles. The first-order valence-electron chi connectivity index (χ1n) is 5.54. The molecule has 0 radical (unpaired) electrons. The zero-order chi connectivity index (χ0) is 13.1. The largest absolute Gasteiger partial charge is 0.290 e. The number of rotatable bonds is 2. The topological polar surface area (TPSA) is 46.5 Å². The number of aryl methyl sites for hydroxylation is 1. The van der Waals surface area contributed by atoms with E-state index in [4.69, 9.17) is 0 Å². The van der Waals surface area contributed by atoms with E-state index in [0.29, 0.717) is 10.6 Å². The molecule has 0 bridgehead atoms. The van der Waals surface area contributed by atoms with Gasteiger partial charge in [0.2, 0.25) is 0 Å². The van der Waals surface area contributed by atoms with Crippen LogP contribution in [0.2, 0.25) is 0 Å². The van der Waals surface area contributed by atoms with Gasteiger partial charge in [-0.05, 0) is 49.8 Å². The quantitative estimate of drug-likeness (QED) is 0.766. The van der Waals surface area contributed by atoms with Crippen molar-refractivity contribution in [1.82, 2.24) is 0 Å². The van der Waals surface area contributed by atoms with E-state index in [9.17, 15) is 9.00 Å². The van der Waals surface area contributed by atoms with Crippen LogP contribution >= 0.6 is 0 Å². The summed E-state index contributed by atoms with van der Waals surface area (Å²) in [6, 6.07) is 7.39. The Bertz CT molecular complexity index is 595. The van der Waals surface area contributed by atoms with Crippen LogP contribution in [0.25, 0.3) is 0 Å². The van der Waals surface area contributed by atoms with Crippen molar-refractivity contribution in [1.29, 1.82) is 0 Å². The minimum absolute atomic E-state index is 0.0624. The average molecular weight is 259 g/mol. The Labute approximate surface area is 109 Å². The van der Waals surface area contributed by atoms with Crippen molar-refractivity contribution in [3.8, 4) is 0 Å². The molecule has 4 heteroatoms. The Morgan fingerprint density at radius 2 is 1.72 bits per heavy atom.